The second kappa shape index (κ2) is 6.16. The zero-order chi connectivity index (χ0) is 17.3. The molecule has 0 fully saturated rings. The average molecular weight is 351 g/mol. The van der Waals surface area contributed by atoms with E-state index in [0.717, 1.165) is 21.7 Å². The summed E-state index contributed by atoms with van der Waals surface area (Å²) in [6, 6.07) is 13.0. The number of carbonyl (C=O) groups is 1. The summed E-state index contributed by atoms with van der Waals surface area (Å²) in [5.41, 5.74) is 0.763. The SMILES string of the molecule is Cc1c(C(=O)Nc2ccccc2OC(F)(F)F)sc2ccccc12. The van der Waals surface area contributed by atoms with Crippen molar-refractivity contribution in [2.45, 2.75) is 13.3 Å². The van der Waals surface area contributed by atoms with Crippen LogP contribution in [0, 0.1) is 6.92 Å². The Morgan fingerprint density at radius 2 is 1.75 bits per heavy atom. The van der Waals surface area contributed by atoms with Crippen LogP contribution in [0.4, 0.5) is 18.9 Å². The minimum absolute atomic E-state index is 0.0309. The van der Waals surface area contributed by atoms with Crippen molar-refractivity contribution in [1.29, 1.82) is 0 Å². The lowest BCUT2D eigenvalue weighted by atomic mass is 10.1. The van der Waals surface area contributed by atoms with E-state index >= 15 is 0 Å². The van der Waals surface area contributed by atoms with Gasteiger partial charge in [-0.25, -0.2) is 0 Å². The summed E-state index contributed by atoms with van der Waals surface area (Å²) in [6.07, 6.45) is -4.83. The van der Waals surface area contributed by atoms with Crippen molar-refractivity contribution in [2.75, 3.05) is 5.32 Å². The van der Waals surface area contributed by atoms with E-state index in [1.807, 2.05) is 31.2 Å². The van der Waals surface area contributed by atoms with Gasteiger partial charge in [-0.05, 0) is 36.1 Å². The average Bonchev–Trinajstić information content (AvgIpc) is 2.85. The monoisotopic (exact) mass is 351 g/mol. The topological polar surface area (TPSA) is 38.3 Å². The van der Waals surface area contributed by atoms with Crippen LogP contribution in [-0.2, 0) is 0 Å². The third-order valence-electron chi connectivity index (χ3n) is 3.41. The summed E-state index contributed by atoms with van der Waals surface area (Å²) >= 11 is 1.30. The molecule has 124 valence electrons. The smallest absolute Gasteiger partial charge is 0.404 e. The highest BCUT2D eigenvalue weighted by molar-refractivity contribution is 7.21. The second-order valence-electron chi connectivity index (χ2n) is 5.05. The number of anilines is 1. The van der Waals surface area contributed by atoms with Crippen molar-refractivity contribution in [2.24, 2.45) is 0 Å². The summed E-state index contributed by atoms with van der Waals surface area (Å²) in [7, 11) is 0. The van der Waals surface area contributed by atoms with Crippen LogP contribution >= 0.6 is 11.3 Å². The molecule has 0 radical (unpaired) electrons. The highest BCUT2D eigenvalue weighted by Crippen LogP contribution is 2.33. The van der Waals surface area contributed by atoms with Gasteiger partial charge in [0.25, 0.3) is 5.91 Å². The summed E-state index contributed by atoms with van der Waals surface area (Å²) in [5.74, 6) is -0.913. The first-order valence-electron chi connectivity index (χ1n) is 6.99. The Morgan fingerprint density at radius 3 is 2.46 bits per heavy atom. The maximum Gasteiger partial charge on any atom is 0.573 e. The Labute approximate surface area is 139 Å². The molecule has 3 rings (SSSR count). The fraction of sp³-hybridized carbons (Fsp3) is 0.118. The van der Waals surface area contributed by atoms with Crippen LogP contribution in [0.5, 0.6) is 5.75 Å². The molecule has 1 aromatic heterocycles. The zero-order valence-electron chi connectivity index (χ0n) is 12.5. The van der Waals surface area contributed by atoms with Gasteiger partial charge in [0.2, 0.25) is 0 Å². The Bertz CT molecular complexity index is 902. The summed E-state index contributed by atoms with van der Waals surface area (Å²) < 4.78 is 42.2. The largest absolute Gasteiger partial charge is 0.573 e. The molecule has 7 heteroatoms. The number of ether oxygens (including phenoxy) is 1. The van der Waals surface area contributed by atoms with Gasteiger partial charge < -0.3 is 10.1 Å². The minimum atomic E-state index is -4.83. The molecule has 0 spiro atoms. The van der Waals surface area contributed by atoms with E-state index in [1.165, 1.54) is 29.5 Å². The molecule has 0 saturated heterocycles. The van der Waals surface area contributed by atoms with Gasteiger partial charge >= 0.3 is 6.36 Å². The van der Waals surface area contributed by atoms with Crippen molar-refractivity contribution in [3.63, 3.8) is 0 Å². The van der Waals surface area contributed by atoms with Crippen molar-refractivity contribution in [3.05, 3.63) is 59.0 Å². The molecular formula is C17H12F3NO2S. The van der Waals surface area contributed by atoms with Crippen LogP contribution in [0.1, 0.15) is 15.2 Å². The fourth-order valence-corrected chi connectivity index (χ4v) is 3.46. The van der Waals surface area contributed by atoms with Gasteiger partial charge in [0, 0.05) is 4.70 Å². The lowest BCUT2D eigenvalue weighted by Gasteiger charge is -2.13. The Hall–Kier alpha value is -2.54. The number of carbonyl (C=O) groups excluding carboxylic acids is 1. The quantitative estimate of drug-likeness (QED) is 0.690. The molecule has 2 aromatic carbocycles. The van der Waals surface area contributed by atoms with E-state index in [1.54, 1.807) is 0 Å². The van der Waals surface area contributed by atoms with Gasteiger partial charge in [0.1, 0.15) is 0 Å². The van der Waals surface area contributed by atoms with Crippen LogP contribution in [0.25, 0.3) is 10.1 Å². The van der Waals surface area contributed by atoms with Crippen LogP contribution in [0.2, 0.25) is 0 Å². The summed E-state index contributed by atoms with van der Waals surface area (Å²) in [4.78, 5) is 12.9. The number of halogens is 3. The standard InChI is InChI=1S/C17H12F3NO2S/c1-10-11-6-2-5-9-14(11)24-15(10)16(22)21-12-7-3-4-8-13(12)23-17(18,19)20/h2-9H,1H3,(H,21,22). The lowest BCUT2D eigenvalue weighted by Crippen LogP contribution is -2.19. The highest BCUT2D eigenvalue weighted by atomic mass is 32.1. The number of thiophene rings is 1. The number of nitrogens with one attached hydrogen (secondary N) is 1. The van der Waals surface area contributed by atoms with E-state index in [2.05, 4.69) is 10.1 Å². The lowest BCUT2D eigenvalue weighted by molar-refractivity contribution is -0.274. The van der Waals surface area contributed by atoms with Gasteiger partial charge in [0.15, 0.2) is 5.75 Å². The van der Waals surface area contributed by atoms with Gasteiger partial charge in [0.05, 0.1) is 10.6 Å². The number of aryl methyl sites for hydroxylation is 1. The normalized spacial score (nSPS) is 11.5. The van der Waals surface area contributed by atoms with E-state index in [9.17, 15) is 18.0 Å². The molecule has 0 saturated carbocycles. The van der Waals surface area contributed by atoms with Crippen molar-refractivity contribution >= 4 is 33.0 Å². The number of hydrogen-bond acceptors (Lipinski definition) is 3. The maximum absolute atomic E-state index is 12.5. The number of hydrogen-bond donors (Lipinski definition) is 1. The van der Waals surface area contributed by atoms with Crippen molar-refractivity contribution in [3.8, 4) is 5.75 Å². The molecule has 3 nitrogen and oxygen atoms in total. The zero-order valence-corrected chi connectivity index (χ0v) is 13.3. The molecule has 0 atom stereocenters. The molecular weight excluding hydrogens is 339 g/mol. The molecule has 0 aliphatic carbocycles. The third-order valence-corrected chi connectivity index (χ3v) is 4.68. The molecule has 3 aromatic rings. The second-order valence-corrected chi connectivity index (χ2v) is 6.10. The predicted octanol–water partition coefficient (Wildman–Crippen LogP) is 5.36. The van der Waals surface area contributed by atoms with Crippen LogP contribution in [0.3, 0.4) is 0 Å². The molecule has 0 bridgehead atoms. The summed E-state index contributed by atoms with van der Waals surface area (Å²) in [6.45, 7) is 1.81. The van der Waals surface area contributed by atoms with Gasteiger partial charge in [-0.2, -0.15) is 0 Å². The fourth-order valence-electron chi connectivity index (χ4n) is 2.35. The maximum atomic E-state index is 12.5. The first kappa shape index (κ1) is 16.3. The Balaban J connectivity index is 1.91. The first-order valence-corrected chi connectivity index (χ1v) is 7.81. The molecule has 1 amide bonds. The van der Waals surface area contributed by atoms with E-state index in [4.69, 9.17) is 0 Å². The number of para-hydroxylation sites is 2. The van der Waals surface area contributed by atoms with Crippen LogP contribution in [0.15, 0.2) is 48.5 Å². The molecule has 1 heterocycles. The predicted molar refractivity (Wildman–Crippen MR) is 87.6 cm³/mol. The number of alkyl halides is 3. The minimum Gasteiger partial charge on any atom is -0.404 e. The van der Waals surface area contributed by atoms with Gasteiger partial charge in [-0.15, -0.1) is 24.5 Å². The van der Waals surface area contributed by atoms with Gasteiger partial charge in [-0.1, -0.05) is 30.3 Å². The first-order chi connectivity index (χ1) is 11.3. The molecule has 0 unspecified atom stereocenters. The van der Waals surface area contributed by atoms with Gasteiger partial charge in [-0.3, -0.25) is 4.79 Å². The Kier molecular flexibility index (Phi) is 4.19. The summed E-state index contributed by atoms with van der Waals surface area (Å²) in [5, 5.41) is 3.45. The van der Waals surface area contributed by atoms with Crippen LogP contribution in [-0.4, -0.2) is 12.3 Å². The van der Waals surface area contributed by atoms with E-state index in [0.29, 0.717) is 4.88 Å². The molecule has 0 aliphatic heterocycles. The number of fused-ring (bicyclic) bond motifs is 1. The molecule has 0 aliphatic rings. The highest BCUT2D eigenvalue weighted by Gasteiger charge is 2.32. The molecule has 1 N–H and O–H groups in total. The van der Waals surface area contributed by atoms with Crippen LogP contribution < -0.4 is 10.1 Å². The van der Waals surface area contributed by atoms with Crippen molar-refractivity contribution < 1.29 is 22.7 Å². The van der Waals surface area contributed by atoms with Crippen molar-refractivity contribution in [1.82, 2.24) is 0 Å². The third kappa shape index (κ3) is 3.35. The number of benzene rings is 2. The van der Waals surface area contributed by atoms with E-state index < -0.39 is 18.0 Å². The number of rotatable bonds is 3. The Morgan fingerprint density at radius 1 is 1.08 bits per heavy atom. The molecule has 24 heavy (non-hydrogen) atoms. The number of amides is 1. The van der Waals surface area contributed by atoms with E-state index in [-0.39, 0.29) is 5.69 Å².